The molecule has 0 radical (unpaired) electrons. The van der Waals surface area contributed by atoms with Crippen molar-refractivity contribution in [1.29, 1.82) is 0 Å². The Labute approximate surface area is 114 Å². The summed E-state index contributed by atoms with van der Waals surface area (Å²) in [5.41, 5.74) is 0. The molecule has 0 saturated heterocycles. The van der Waals surface area contributed by atoms with Crippen molar-refractivity contribution in [3.8, 4) is 0 Å². The van der Waals surface area contributed by atoms with E-state index in [0.29, 0.717) is 12.1 Å². The molecular formula is C13H23ClN2S. The highest BCUT2D eigenvalue weighted by molar-refractivity contribution is 7.16. The van der Waals surface area contributed by atoms with E-state index in [2.05, 4.69) is 44.1 Å². The summed E-state index contributed by atoms with van der Waals surface area (Å²) in [6.45, 7) is 8.77. The van der Waals surface area contributed by atoms with Crippen LogP contribution >= 0.6 is 22.9 Å². The molecule has 17 heavy (non-hydrogen) atoms. The zero-order chi connectivity index (χ0) is 12.8. The van der Waals surface area contributed by atoms with Crippen LogP contribution in [0.25, 0.3) is 0 Å². The predicted octanol–water partition coefficient (Wildman–Crippen LogP) is 3.78. The quantitative estimate of drug-likeness (QED) is 0.814. The maximum atomic E-state index is 5.93. The van der Waals surface area contributed by atoms with Gasteiger partial charge in [-0.3, -0.25) is 0 Å². The molecule has 2 atom stereocenters. The molecule has 1 heterocycles. The van der Waals surface area contributed by atoms with Crippen LogP contribution in [-0.4, -0.2) is 31.1 Å². The molecule has 2 unspecified atom stereocenters. The van der Waals surface area contributed by atoms with E-state index >= 15 is 0 Å². The van der Waals surface area contributed by atoms with Crippen molar-refractivity contribution in [1.82, 2.24) is 10.2 Å². The molecule has 0 aromatic carbocycles. The summed E-state index contributed by atoms with van der Waals surface area (Å²) >= 11 is 7.59. The first-order valence-corrected chi connectivity index (χ1v) is 7.42. The molecule has 0 saturated carbocycles. The second kappa shape index (κ2) is 7.37. The van der Waals surface area contributed by atoms with Crippen LogP contribution in [0.15, 0.2) is 12.1 Å². The lowest BCUT2D eigenvalue weighted by Crippen LogP contribution is -2.35. The van der Waals surface area contributed by atoms with Crippen molar-refractivity contribution in [3.63, 3.8) is 0 Å². The minimum Gasteiger partial charge on any atom is -0.308 e. The Balaban J connectivity index is 2.27. The number of nitrogens with one attached hydrogen (secondary N) is 1. The highest BCUT2D eigenvalue weighted by Gasteiger charge is 2.09. The van der Waals surface area contributed by atoms with Crippen molar-refractivity contribution in [2.75, 3.05) is 20.1 Å². The predicted molar refractivity (Wildman–Crippen MR) is 78.1 cm³/mol. The van der Waals surface area contributed by atoms with Crippen molar-refractivity contribution in [2.24, 2.45) is 0 Å². The molecule has 0 amide bonds. The third-order valence-electron chi connectivity index (χ3n) is 3.28. The minimum absolute atomic E-state index is 0.387. The Morgan fingerprint density at radius 2 is 2.12 bits per heavy atom. The summed E-state index contributed by atoms with van der Waals surface area (Å²) in [6, 6.07) is 5.11. The van der Waals surface area contributed by atoms with Gasteiger partial charge in [0.25, 0.3) is 0 Å². The first-order chi connectivity index (χ1) is 8.04. The molecule has 0 aliphatic rings. The largest absolute Gasteiger partial charge is 0.308 e. The van der Waals surface area contributed by atoms with Crippen LogP contribution in [0.2, 0.25) is 4.34 Å². The first kappa shape index (κ1) is 15.0. The van der Waals surface area contributed by atoms with E-state index < -0.39 is 0 Å². The van der Waals surface area contributed by atoms with E-state index in [1.807, 2.05) is 6.07 Å². The highest BCUT2D eigenvalue weighted by Crippen LogP contribution is 2.26. The van der Waals surface area contributed by atoms with Crippen LogP contribution in [0.1, 0.15) is 38.1 Å². The van der Waals surface area contributed by atoms with Crippen LogP contribution < -0.4 is 5.32 Å². The second-order valence-corrected chi connectivity index (χ2v) is 6.30. The SMILES string of the molecule is CCC(C)N(C)CCNC(C)c1ccc(Cl)s1. The van der Waals surface area contributed by atoms with Gasteiger partial charge in [-0.15, -0.1) is 11.3 Å². The molecule has 0 fully saturated rings. The lowest BCUT2D eigenvalue weighted by molar-refractivity contribution is 0.249. The van der Waals surface area contributed by atoms with Crippen molar-refractivity contribution >= 4 is 22.9 Å². The zero-order valence-corrected chi connectivity index (χ0v) is 12.7. The van der Waals surface area contributed by atoms with Crippen LogP contribution in [0.5, 0.6) is 0 Å². The van der Waals surface area contributed by atoms with Gasteiger partial charge in [0.1, 0.15) is 0 Å². The molecule has 1 aromatic heterocycles. The number of nitrogens with zero attached hydrogens (tertiary/aromatic N) is 1. The average molecular weight is 275 g/mol. The normalized spacial score (nSPS) is 15.2. The van der Waals surface area contributed by atoms with E-state index in [1.165, 1.54) is 11.3 Å². The summed E-state index contributed by atoms with van der Waals surface area (Å²) in [7, 11) is 2.18. The molecule has 0 bridgehead atoms. The minimum atomic E-state index is 0.387. The lowest BCUT2D eigenvalue weighted by atomic mass is 10.2. The highest BCUT2D eigenvalue weighted by atomic mass is 35.5. The van der Waals surface area contributed by atoms with Crippen LogP contribution in [0.4, 0.5) is 0 Å². The van der Waals surface area contributed by atoms with E-state index in [-0.39, 0.29) is 0 Å². The monoisotopic (exact) mass is 274 g/mol. The molecule has 1 N–H and O–H groups in total. The van der Waals surface area contributed by atoms with Gasteiger partial charge in [-0.05, 0) is 39.4 Å². The molecule has 1 aromatic rings. The summed E-state index contributed by atoms with van der Waals surface area (Å²) in [5.74, 6) is 0. The third-order valence-corrected chi connectivity index (χ3v) is 4.69. The summed E-state index contributed by atoms with van der Waals surface area (Å²) in [4.78, 5) is 3.70. The van der Waals surface area contributed by atoms with Crippen molar-refractivity contribution in [3.05, 3.63) is 21.3 Å². The van der Waals surface area contributed by atoms with Gasteiger partial charge in [0.05, 0.1) is 4.34 Å². The maximum absolute atomic E-state index is 5.93. The second-order valence-electron chi connectivity index (χ2n) is 4.56. The molecule has 98 valence electrons. The summed E-state index contributed by atoms with van der Waals surface area (Å²) in [5, 5.41) is 3.53. The van der Waals surface area contributed by atoms with E-state index in [9.17, 15) is 0 Å². The van der Waals surface area contributed by atoms with Gasteiger partial charge >= 0.3 is 0 Å². The number of halogens is 1. The molecule has 0 spiro atoms. The fourth-order valence-electron chi connectivity index (χ4n) is 1.65. The van der Waals surface area contributed by atoms with Crippen LogP contribution in [0.3, 0.4) is 0 Å². The Kier molecular flexibility index (Phi) is 6.49. The topological polar surface area (TPSA) is 15.3 Å². The molecule has 1 rings (SSSR count). The molecule has 0 aliphatic carbocycles. The van der Waals surface area contributed by atoms with E-state index in [1.54, 1.807) is 11.3 Å². The summed E-state index contributed by atoms with van der Waals surface area (Å²) < 4.78 is 0.866. The van der Waals surface area contributed by atoms with Crippen molar-refractivity contribution < 1.29 is 0 Å². The number of thiophene rings is 1. The van der Waals surface area contributed by atoms with Gasteiger partial charge in [-0.2, -0.15) is 0 Å². The number of hydrogen-bond acceptors (Lipinski definition) is 3. The summed E-state index contributed by atoms with van der Waals surface area (Å²) in [6.07, 6.45) is 1.20. The van der Waals surface area contributed by atoms with Crippen LogP contribution in [0, 0.1) is 0 Å². The van der Waals surface area contributed by atoms with E-state index in [4.69, 9.17) is 11.6 Å². The number of hydrogen-bond donors (Lipinski definition) is 1. The zero-order valence-electron chi connectivity index (χ0n) is 11.2. The van der Waals surface area contributed by atoms with Gasteiger partial charge in [-0.25, -0.2) is 0 Å². The molecular weight excluding hydrogens is 252 g/mol. The Bertz CT molecular complexity index is 327. The Hall–Kier alpha value is -0.0900. The Morgan fingerprint density at radius 3 is 2.65 bits per heavy atom. The van der Waals surface area contributed by atoms with Gasteiger partial charge in [0, 0.05) is 30.1 Å². The van der Waals surface area contributed by atoms with E-state index in [0.717, 1.165) is 17.4 Å². The molecule has 4 heteroatoms. The van der Waals surface area contributed by atoms with Crippen LogP contribution in [-0.2, 0) is 0 Å². The number of rotatable bonds is 7. The standard InChI is InChI=1S/C13H23ClN2S/c1-5-10(2)16(4)9-8-15-11(3)12-6-7-13(14)17-12/h6-7,10-11,15H,5,8-9H2,1-4H3. The van der Waals surface area contributed by atoms with Gasteiger partial charge in [-0.1, -0.05) is 18.5 Å². The number of likely N-dealkylation sites (N-methyl/N-ethyl adjacent to an activating group) is 1. The van der Waals surface area contributed by atoms with Gasteiger partial charge < -0.3 is 10.2 Å². The van der Waals surface area contributed by atoms with Gasteiger partial charge in [0.15, 0.2) is 0 Å². The lowest BCUT2D eigenvalue weighted by Gasteiger charge is -2.24. The first-order valence-electron chi connectivity index (χ1n) is 6.23. The molecule has 0 aliphatic heterocycles. The Morgan fingerprint density at radius 1 is 1.41 bits per heavy atom. The smallest absolute Gasteiger partial charge is 0.0931 e. The maximum Gasteiger partial charge on any atom is 0.0931 e. The average Bonchev–Trinajstić information content (AvgIpc) is 2.74. The fourth-order valence-corrected chi connectivity index (χ4v) is 2.74. The third kappa shape index (κ3) is 4.96. The molecule has 2 nitrogen and oxygen atoms in total. The van der Waals surface area contributed by atoms with Gasteiger partial charge in [0.2, 0.25) is 0 Å². The fraction of sp³-hybridized carbons (Fsp3) is 0.692. The van der Waals surface area contributed by atoms with Crippen molar-refractivity contribution in [2.45, 2.75) is 39.3 Å².